The topological polar surface area (TPSA) is 128 Å². The summed E-state index contributed by atoms with van der Waals surface area (Å²) in [4.78, 5) is 24.3. The van der Waals surface area contributed by atoms with Crippen molar-refractivity contribution in [3.63, 3.8) is 0 Å². The summed E-state index contributed by atoms with van der Waals surface area (Å²) in [6.07, 6.45) is 2.72. The van der Waals surface area contributed by atoms with Crippen molar-refractivity contribution in [3.8, 4) is 17.6 Å². The molecule has 0 aliphatic rings. The van der Waals surface area contributed by atoms with E-state index in [2.05, 4.69) is 10.5 Å². The lowest BCUT2D eigenvalue weighted by atomic mass is 10.1. The first-order chi connectivity index (χ1) is 14.0. The predicted molar refractivity (Wildman–Crippen MR) is 100 cm³/mol. The van der Waals surface area contributed by atoms with Gasteiger partial charge in [-0.2, -0.15) is 5.26 Å². The zero-order valence-electron chi connectivity index (χ0n) is 15.5. The monoisotopic (exact) mass is 393 g/mol. The summed E-state index contributed by atoms with van der Waals surface area (Å²) in [5.74, 6) is -0.165. The Bertz CT molecular complexity index is 1110. The molecule has 0 saturated carbocycles. The average Bonchev–Trinajstić information content (AvgIpc) is 3.39. The first-order valence-corrected chi connectivity index (χ1v) is 8.30. The number of nitrogens with zero attached hydrogens (tertiary/aromatic N) is 2. The minimum atomic E-state index is -0.684. The van der Waals surface area contributed by atoms with Crippen molar-refractivity contribution in [1.29, 1.82) is 5.26 Å². The van der Waals surface area contributed by atoms with Crippen LogP contribution < -0.4 is 14.8 Å². The van der Waals surface area contributed by atoms with Crippen LogP contribution in [-0.4, -0.2) is 24.1 Å². The van der Waals surface area contributed by atoms with E-state index in [1.165, 1.54) is 43.7 Å². The fraction of sp³-hybridized carbons (Fsp3) is 0.100. The number of aryl methyl sites for hydroxylation is 1. The number of anilines is 1. The number of benzene rings is 1. The maximum Gasteiger partial charge on any atom is 0.379 e. The van der Waals surface area contributed by atoms with Gasteiger partial charge in [0.25, 0.3) is 5.91 Å². The zero-order valence-corrected chi connectivity index (χ0v) is 15.5. The van der Waals surface area contributed by atoms with Crippen LogP contribution >= 0.6 is 0 Å². The highest BCUT2D eigenvalue weighted by Crippen LogP contribution is 2.30. The van der Waals surface area contributed by atoms with E-state index in [9.17, 15) is 14.9 Å². The van der Waals surface area contributed by atoms with E-state index in [0.29, 0.717) is 11.3 Å². The predicted octanol–water partition coefficient (Wildman–Crippen LogP) is 3.35. The molecule has 9 nitrogen and oxygen atoms in total. The molecule has 2 aromatic heterocycles. The van der Waals surface area contributed by atoms with Crippen molar-refractivity contribution in [2.45, 2.75) is 6.92 Å². The molecule has 0 aliphatic heterocycles. The van der Waals surface area contributed by atoms with Crippen molar-refractivity contribution in [1.82, 2.24) is 5.16 Å². The number of aromatic nitrogens is 1. The molecule has 0 unspecified atom stereocenters. The van der Waals surface area contributed by atoms with E-state index < -0.39 is 11.9 Å². The quantitative estimate of drug-likeness (QED) is 0.292. The lowest BCUT2D eigenvalue weighted by Crippen LogP contribution is -2.13. The van der Waals surface area contributed by atoms with Gasteiger partial charge in [-0.1, -0.05) is 11.2 Å². The van der Waals surface area contributed by atoms with Gasteiger partial charge in [-0.15, -0.1) is 0 Å². The molecular formula is C20H15N3O6. The molecule has 0 radical (unpaired) electrons. The molecule has 1 aromatic carbocycles. The van der Waals surface area contributed by atoms with E-state index in [-0.39, 0.29) is 28.7 Å². The zero-order chi connectivity index (χ0) is 20.8. The second kappa shape index (κ2) is 8.58. The molecule has 1 N–H and O–H groups in total. The van der Waals surface area contributed by atoms with Crippen LogP contribution in [0.5, 0.6) is 11.5 Å². The van der Waals surface area contributed by atoms with Gasteiger partial charge in [-0.05, 0) is 42.8 Å². The van der Waals surface area contributed by atoms with Crippen molar-refractivity contribution in [3.05, 3.63) is 65.3 Å². The van der Waals surface area contributed by atoms with Gasteiger partial charge in [0.1, 0.15) is 17.4 Å². The van der Waals surface area contributed by atoms with Crippen molar-refractivity contribution >= 4 is 23.8 Å². The van der Waals surface area contributed by atoms with Gasteiger partial charge in [0.05, 0.1) is 13.4 Å². The molecule has 0 bridgehead atoms. The SMILES string of the molecule is COc1cc(/C=C(/C#N)C(=O)Nc2cc(C)on2)ccc1OC(=O)c1ccco1. The number of amides is 1. The van der Waals surface area contributed by atoms with Crippen LogP contribution in [0.1, 0.15) is 21.9 Å². The van der Waals surface area contributed by atoms with Gasteiger partial charge in [0, 0.05) is 6.07 Å². The molecule has 2 heterocycles. The summed E-state index contributed by atoms with van der Waals surface area (Å²) >= 11 is 0. The summed E-state index contributed by atoms with van der Waals surface area (Å²) in [6, 6.07) is 11.0. The van der Waals surface area contributed by atoms with Crippen LogP contribution in [0.4, 0.5) is 5.82 Å². The minimum absolute atomic E-state index is 0.0440. The molecule has 9 heteroatoms. The average molecular weight is 393 g/mol. The Kier molecular flexibility index (Phi) is 5.75. The number of ether oxygens (including phenoxy) is 2. The largest absolute Gasteiger partial charge is 0.493 e. The Hall–Kier alpha value is -4.32. The highest BCUT2D eigenvalue weighted by molar-refractivity contribution is 6.09. The Labute approximate surface area is 165 Å². The molecule has 0 fully saturated rings. The third kappa shape index (κ3) is 4.70. The van der Waals surface area contributed by atoms with Gasteiger partial charge >= 0.3 is 5.97 Å². The third-order valence-corrected chi connectivity index (χ3v) is 3.66. The number of carbonyl (C=O) groups is 2. The number of hydrogen-bond acceptors (Lipinski definition) is 8. The summed E-state index contributed by atoms with van der Waals surface area (Å²) in [7, 11) is 1.40. The Morgan fingerprint density at radius 2 is 2.07 bits per heavy atom. The van der Waals surface area contributed by atoms with Gasteiger partial charge in [0.2, 0.25) is 5.76 Å². The summed E-state index contributed by atoms with van der Waals surface area (Å²) in [6.45, 7) is 1.68. The summed E-state index contributed by atoms with van der Waals surface area (Å²) in [5, 5.41) is 15.4. The normalized spacial score (nSPS) is 10.9. The standard InChI is InChI=1S/C20H15N3O6/c1-12-8-18(23-29-12)22-19(24)14(11-21)9-13-5-6-15(17(10-13)26-2)28-20(25)16-4-3-7-27-16/h3-10H,1-2H3,(H,22,23,24)/b14-9-. The minimum Gasteiger partial charge on any atom is -0.493 e. The number of nitrogens with one attached hydrogen (secondary N) is 1. The number of hydrogen-bond donors (Lipinski definition) is 1. The molecule has 29 heavy (non-hydrogen) atoms. The highest BCUT2D eigenvalue weighted by Gasteiger charge is 2.16. The van der Waals surface area contributed by atoms with E-state index >= 15 is 0 Å². The fourth-order valence-electron chi connectivity index (χ4n) is 2.33. The van der Waals surface area contributed by atoms with Gasteiger partial charge in [0.15, 0.2) is 17.3 Å². The van der Waals surface area contributed by atoms with Crippen LogP contribution in [0.2, 0.25) is 0 Å². The second-order valence-corrected chi connectivity index (χ2v) is 5.72. The van der Waals surface area contributed by atoms with E-state index in [1.54, 1.807) is 19.1 Å². The van der Waals surface area contributed by atoms with E-state index in [4.69, 9.17) is 18.4 Å². The number of carbonyl (C=O) groups excluding carboxylic acids is 2. The van der Waals surface area contributed by atoms with Crippen LogP contribution in [-0.2, 0) is 4.79 Å². The Morgan fingerprint density at radius 1 is 1.24 bits per heavy atom. The molecule has 3 aromatic rings. The maximum absolute atomic E-state index is 12.3. The number of furan rings is 1. The lowest BCUT2D eigenvalue weighted by Gasteiger charge is -2.09. The van der Waals surface area contributed by atoms with Crippen LogP contribution in [0.15, 0.2) is 57.2 Å². The Balaban J connectivity index is 1.79. The number of nitriles is 1. The first kappa shape index (κ1) is 19.4. The summed E-state index contributed by atoms with van der Waals surface area (Å²) < 4.78 is 20.3. The molecule has 0 spiro atoms. The molecular weight excluding hydrogens is 378 g/mol. The lowest BCUT2D eigenvalue weighted by molar-refractivity contribution is -0.112. The molecule has 3 rings (SSSR count). The number of rotatable bonds is 6. The van der Waals surface area contributed by atoms with E-state index in [0.717, 1.165) is 0 Å². The number of esters is 1. The maximum atomic E-state index is 12.3. The van der Waals surface area contributed by atoms with E-state index in [1.807, 2.05) is 6.07 Å². The van der Waals surface area contributed by atoms with Gasteiger partial charge in [-0.25, -0.2) is 4.79 Å². The highest BCUT2D eigenvalue weighted by atomic mass is 16.6. The first-order valence-electron chi connectivity index (χ1n) is 8.30. The van der Waals surface area contributed by atoms with Crippen LogP contribution in [0.3, 0.4) is 0 Å². The van der Waals surface area contributed by atoms with Crippen molar-refractivity contribution in [2.24, 2.45) is 0 Å². The van der Waals surface area contributed by atoms with Crippen molar-refractivity contribution in [2.75, 3.05) is 12.4 Å². The Morgan fingerprint density at radius 3 is 2.69 bits per heavy atom. The second-order valence-electron chi connectivity index (χ2n) is 5.72. The molecule has 0 aliphatic carbocycles. The van der Waals surface area contributed by atoms with Crippen LogP contribution in [0, 0.1) is 18.3 Å². The van der Waals surface area contributed by atoms with Gasteiger partial charge < -0.3 is 23.7 Å². The third-order valence-electron chi connectivity index (χ3n) is 3.66. The molecule has 1 amide bonds. The smallest absolute Gasteiger partial charge is 0.379 e. The summed E-state index contributed by atoms with van der Waals surface area (Å²) in [5.41, 5.74) is 0.329. The molecule has 0 saturated heterocycles. The number of methoxy groups -OCH3 is 1. The van der Waals surface area contributed by atoms with Crippen molar-refractivity contribution < 1.29 is 28.0 Å². The molecule has 146 valence electrons. The van der Waals surface area contributed by atoms with Gasteiger partial charge in [-0.3, -0.25) is 4.79 Å². The fourth-order valence-corrected chi connectivity index (χ4v) is 2.33. The van der Waals surface area contributed by atoms with Crippen LogP contribution in [0.25, 0.3) is 6.08 Å². The molecule has 0 atom stereocenters.